The van der Waals surface area contributed by atoms with E-state index in [1.165, 1.54) is 115 Å². The summed E-state index contributed by atoms with van der Waals surface area (Å²) in [6, 6.07) is 84.8. The fourth-order valence-electron chi connectivity index (χ4n) is 10.2. The summed E-state index contributed by atoms with van der Waals surface area (Å²) in [6.45, 7) is 0. The Kier molecular flexibility index (Phi) is 7.64. The van der Waals surface area contributed by atoms with Crippen LogP contribution in [-0.4, -0.2) is 9.13 Å². The van der Waals surface area contributed by atoms with Crippen LogP contribution in [0.5, 0.6) is 0 Å². The van der Waals surface area contributed by atoms with E-state index in [1.54, 1.807) is 0 Å². The van der Waals surface area contributed by atoms with Crippen molar-refractivity contribution in [2.75, 3.05) is 0 Å². The molecule has 0 unspecified atom stereocenters. The van der Waals surface area contributed by atoms with Crippen LogP contribution < -0.4 is 0 Å². The minimum absolute atomic E-state index is 1.16. The Labute approximate surface area is 358 Å². The third-order valence-electron chi connectivity index (χ3n) is 13.1. The molecule has 2 heterocycles. The van der Waals surface area contributed by atoms with E-state index in [2.05, 4.69) is 240 Å². The average molecular weight is 787 g/mol. The van der Waals surface area contributed by atoms with Crippen LogP contribution in [0.15, 0.2) is 231 Å². The number of fused-ring (bicyclic) bond motifs is 12. The molecule has 0 radical (unpaired) electrons. The second kappa shape index (κ2) is 13.7. The zero-order valence-electron chi connectivity index (χ0n) is 33.8. The molecule has 0 aliphatic rings. The van der Waals surface area contributed by atoms with E-state index in [-0.39, 0.29) is 0 Å². The highest BCUT2D eigenvalue weighted by Gasteiger charge is 2.18. The first-order valence-electron chi connectivity index (χ1n) is 21.4. The second-order valence-corrected chi connectivity index (χ2v) is 16.5. The van der Waals surface area contributed by atoms with Crippen molar-refractivity contribution in [2.45, 2.75) is 0 Å². The van der Waals surface area contributed by atoms with Crippen LogP contribution in [0.4, 0.5) is 0 Å². The Balaban J connectivity index is 0.969. The maximum Gasteiger partial charge on any atom is 0.0541 e. The lowest BCUT2D eigenvalue weighted by Gasteiger charge is -2.15. The largest absolute Gasteiger partial charge is 0.309 e. The van der Waals surface area contributed by atoms with Crippen molar-refractivity contribution in [3.63, 3.8) is 0 Å². The van der Waals surface area contributed by atoms with Gasteiger partial charge in [-0.15, -0.1) is 0 Å². The number of para-hydroxylation sites is 3. The lowest BCUT2D eigenvalue weighted by atomic mass is 9.91. The van der Waals surface area contributed by atoms with Crippen LogP contribution in [0, 0.1) is 0 Å². The first-order valence-corrected chi connectivity index (χ1v) is 21.4. The maximum absolute atomic E-state index is 2.45. The molecule has 62 heavy (non-hydrogen) atoms. The van der Waals surface area contributed by atoms with Crippen LogP contribution in [0.3, 0.4) is 0 Å². The second-order valence-electron chi connectivity index (χ2n) is 16.5. The Bertz CT molecular complexity index is 3910. The molecule has 0 spiro atoms. The molecule has 288 valence electrons. The highest BCUT2D eigenvalue weighted by Crippen LogP contribution is 2.42. The van der Waals surface area contributed by atoms with E-state index < -0.39 is 0 Å². The number of rotatable bonds is 5. The molecule has 0 saturated carbocycles. The van der Waals surface area contributed by atoms with Crippen molar-refractivity contribution < 1.29 is 0 Å². The standard InChI is InChI=1S/C60H38N2/c1-3-14-39(15-4-1)40-16-13-17-41(34-40)42-26-30-50-53(35-42)48-21-8-7-20-47(48)49-31-29-46(38-54(49)50)62-58-25-12-10-23-52(58)56-37-44(28-33-60(56)62)43-27-32-59-55(36-43)51-22-9-11-24-57(51)61(59)45-18-5-2-6-19-45/h1-38H. The van der Waals surface area contributed by atoms with Gasteiger partial charge in [-0.1, -0.05) is 158 Å². The van der Waals surface area contributed by atoms with Crippen molar-refractivity contribution in [2.24, 2.45) is 0 Å². The molecule has 0 saturated heterocycles. The fourth-order valence-corrected chi connectivity index (χ4v) is 10.2. The summed E-state index contributed by atoms with van der Waals surface area (Å²) in [5.41, 5.74) is 14.5. The molecule has 0 aliphatic heterocycles. The molecule has 13 aromatic rings. The molecule has 0 bridgehead atoms. The van der Waals surface area contributed by atoms with Crippen LogP contribution in [-0.2, 0) is 0 Å². The number of benzene rings is 11. The van der Waals surface area contributed by atoms with Crippen molar-refractivity contribution in [1.82, 2.24) is 9.13 Å². The molecule has 2 aromatic heterocycles. The highest BCUT2D eigenvalue weighted by atomic mass is 15.0. The molecule has 0 aliphatic carbocycles. The van der Waals surface area contributed by atoms with E-state index in [4.69, 9.17) is 0 Å². The summed E-state index contributed by atoms with van der Waals surface area (Å²) in [4.78, 5) is 0. The van der Waals surface area contributed by atoms with Gasteiger partial charge in [0, 0.05) is 32.9 Å². The van der Waals surface area contributed by atoms with Gasteiger partial charge in [0.1, 0.15) is 0 Å². The molecular weight excluding hydrogens is 749 g/mol. The van der Waals surface area contributed by atoms with Gasteiger partial charge in [-0.05, 0) is 138 Å². The summed E-state index contributed by atoms with van der Waals surface area (Å²) in [5, 5.41) is 12.6. The van der Waals surface area contributed by atoms with Crippen molar-refractivity contribution in [1.29, 1.82) is 0 Å². The predicted molar refractivity (Wildman–Crippen MR) is 264 cm³/mol. The summed E-state index contributed by atoms with van der Waals surface area (Å²) in [6.07, 6.45) is 0. The molecule has 2 heteroatoms. The number of hydrogen-bond acceptors (Lipinski definition) is 0. The van der Waals surface area contributed by atoms with Gasteiger partial charge >= 0.3 is 0 Å². The highest BCUT2D eigenvalue weighted by molar-refractivity contribution is 6.26. The molecule has 2 nitrogen and oxygen atoms in total. The number of aromatic nitrogens is 2. The van der Waals surface area contributed by atoms with E-state index >= 15 is 0 Å². The average Bonchev–Trinajstić information content (AvgIpc) is 3.86. The third-order valence-corrected chi connectivity index (χ3v) is 13.1. The first kappa shape index (κ1) is 34.6. The van der Waals surface area contributed by atoms with Crippen LogP contribution >= 0.6 is 0 Å². The SMILES string of the molecule is c1ccc(-c2cccc(-c3ccc4c(c3)c3ccccc3c3ccc(-n5c6ccccc6c6cc(-c7ccc8c(c7)c7ccccc7n8-c7ccccc7)ccc65)cc34)c2)cc1. The Morgan fingerprint density at radius 2 is 0.565 bits per heavy atom. The number of nitrogens with zero attached hydrogens (tertiary/aromatic N) is 2. The molecule has 0 amide bonds. The van der Waals surface area contributed by atoms with Gasteiger partial charge < -0.3 is 9.13 Å². The molecule has 0 fully saturated rings. The van der Waals surface area contributed by atoms with Crippen molar-refractivity contribution in [3.8, 4) is 44.8 Å². The van der Waals surface area contributed by atoms with E-state index in [0.717, 1.165) is 5.69 Å². The topological polar surface area (TPSA) is 9.86 Å². The smallest absolute Gasteiger partial charge is 0.0541 e. The van der Waals surface area contributed by atoms with E-state index in [1.807, 2.05) is 0 Å². The van der Waals surface area contributed by atoms with Gasteiger partial charge in [0.2, 0.25) is 0 Å². The zero-order chi connectivity index (χ0) is 40.7. The van der Waals surface area contributed by atoms with E-state index in [9.17, 15) is 0 Å². The van der Waals surface area contributed by atoms with Gasteiger partial charge in [-0.25, -0.2) is 0 Å². The van der Waals surface area contributed by atoms with Crippen molar-refractivity contribution in [3.05, 3.63) is 231 Å². The quantitative estimate of drug-likeness (QED) is 0.154. The van der Waals surface area contributed by atoms with Crippen LogP contribution in [0.1, 0.15) is 0 Å². The Morgan fingerprint density at radius 3 is 1.21 bits per heavy atom. The molecule has 11 aromatic carbocycles. The Hall–Kier alpha value is -8.20. The molecule has 13 rings (SSSR count). The van der Waals surface area contributed by atoms with Crippen LogP contribution in [0.25, 0.3) is 121 Å². The van der Waals surface area contributed by atoms with Crippen LogP contribution in [0.2, 0.25) is 0 Å². The van der Waals surface area contributed by atoms with Crippen molar-refractivity contribution >= 4 is 75.9 Å². The lowest BCUT2D eigenvalue weighted by Crippen LogP contribution is -1.95. The molecule has 0 atom stereocenters. The first-order chi connectivity index (χ1) is 30.7. The van der Waals surface area contributed by atoms with Gasteiger partial charge in [0.25, 0.3) is 0 Å². The van der Waals surface area contributed by atoms with Gasteiger partial charge in [-0.3, -0.25) is 0 Å². The summed E-state index contributed by atoms with van der Waals surface area (Å²) < 4.78 is 4.83. The van der Waals surface area contributed by atoms with Gasteiger partial charge in [-0.2, -0.15) is 0 Å². The number of hydrogen-bond donors (Lipinski definition) is 0. The Morgan fingerprint density at radius 1 is 0.177 bits per heavy atom. The zero-order valence-corrected chi connectivity index (χ0v) is 33.8. The summed E-state index contributed by atoms with van der Waals surface area (Å²) in [5.74, 6) is 0. The molecular formula is C60H38N2. The maximum atomic E-state index is 2.45. The summed E-state index contributed by atoms with van der Waals surface area (Å²) >= 11 is 0. The van der Waals surface area contributed by atoms with E-state index in [0.29, 0.717) is 0 Å². The lowest BCUT2D eigenvalue weighted by molar-refractivity contribution is 1.18. The monoisotopic (exact) mass is 786 g/mol. The molecule has 0 N–H and O–H groups in total. The summed E-state index contributed by atoms with van der Waals surface area (Å²) in [7, 11) is 0. The fraction of sp³-hybridized carbons (Fsp3) is 0. The minimum Gasteiger partial charge on any atom is -0.309 e. The normalized spacial score (nSPS) is 11.9. The van der Waals surface area contributed by atoms with Gasteiger partial charge in [0.15, 0.2) is 0 Å². The van der Waals surface area contributed by atoms with Gasteiger partial charge in [0.05, 0.1) is 22.1 Å². The predicted octanol–water partition coefficient (Wildman–Crippen LogP) is 16.3. The third kappa shape index (κ3) is 5.30. The minimum atomic E-state index is 1.16.